The van der Waals surface area contributed by atoms with Crippen molar-refractivity contribution < 1.29 is 10.0 Å². The van der Waals surface area contributed by atoms with Gasteiger partial charge in [-0.3, -0.25) is 15.1 Å². The van der Waals surface area contributed by atoms with Gasteiger partial charge in [-0.2, -0.15) is 0 Å². The summed E-state index contributed by atoms with van der Waals surface area (Å²) in [5.41, 5.74) is 0.462. The largest absolute Gasteiger partial charge is 0.389 e. The Morgan fingerprint density at radius 3 is 2.79 bits per heavy atom. The zero-order valence-corrected chi connectivity index (χ0v) is 10.9. The average Bonchev–Trinajstić information content (AvgIpc) is 2.39. The molecule has 0 spiro atoms. The molecule has 0 aliphatic heterocycles. The minimum absolute atomic E-state index is 0.0472. The zero-order chi connectivity index (χ0) is 13.8. The predicted octanol–water partition coefficient (Wildman–Crippen LogP) is 2.59. The maximum atomic E-state index is 11.1. The molecule has 0 fully saturated rings. The highest BCUT2D eigenvalue weighted by molar-refractivity contribution is 7.99. The predicted molar refractivity (Wildman–Crippen MR) is 69.9 cm³/mol. The van der Waals surface area contributed by atoms with Crippen molar-refractivity contribution >= 4 is 17.4 Å². The van der Waals surface area contributed by atoms with Gasteiger partial charge in [0.05, 0.1) is 22.1 Å². The maximum Gasteiger partial charge on any atom is 0.283 e. The molecule has 2 rings (SSSR count). The molecule has 0 bridgehead atoms. The molecule has 0 radical (unpaired) electrons. The molecule has 0 saturated heterocycles. The lowest BCUT2D eigenvalue weighted by molar-refractivity contribution is -0.387. The number of hydrogen-bond acceptors (Lipinski definition) is 6. The number of aromatic nitrogens is 2. The molecule has 1 atom stereocenters. The average molecular weight is 277 g/mol. The van der Waals surface area contributed by atoms with E-state index in [1.54, 1.807) is 19.1 Å². The SMILES string of the molecule is CC(O)c1ccc(Sc2cnccn2)c([N+](=O)[O-])c1. The molecule has 0 saturated carbocycles. The van der Waals surface area contributed by atoms with Gasteiger partial charge in [0.1, 0.15) is 5.03 Å². The minimum Gasteiger partial charge on any atom is -0.389 e. The number of nitro benzene ring substituents is 1. The van der Waals surface area contributed by atoms with Crippen LogP contribution in [0, 0.1) is 10.1 Å². The molecule has 1 unspecified atom stereocenters. The van der Waals surface area contributed by atoms with Crippen molar-refractivity contribution in [2.75, 3.05) is 0 Å². The van der Waals surface area contributed by atoms with Gasteiger partial charge in [-0.15, -0.1) is 0 Å². The summed E-state index contributed by atoms with van der Waals surface area (Å²) in [5, 5.41) is 21.1. The molecular weight excluding hydrogens is 266 g/mol. The second-order valence-electron chi connectivity index (χ2n) is 3.81. The van der Waals surface area contributed by atoms with Crippen LogP contribution < -0.4 is 0 Å². The van der Waals surface area contributed by atoms with Crippen LogP contribution >= 0.6 is 11.8 Å². The summed E-state index contributed by atoms with van der Waals surface area (Å²) in [6.07, 6.45) is 3.86. The van der Waals surface area contributed by atoms with Gasteiger partial charge >= 0.3 is 0 Å². The van der Waals surface area contributed by atoms with Gasteiger partial charge in [-0.05, 0) is 18.6 Å². The Bertz CT molecular complexity index is 590. The topological polar surface area (TPSA) is 89.2 Å². The Morgan fingerprint density at radius 2 is 2.21 bits per heavy atom. The highest BCUT2D eigenvalue weighted by Gasteiger charge is 2.17. The standard InChI is InChI=1S/C12H11N3O3S/c1-8(16)9-2-3-11(10(6-9)15(17)18)19-12-7-13-4-5-14-12/h2-8,16H,1H3. The molecule has 0 aliphatic carbocycles. The van der Waals surface area contributed by atoms with Crippen molar-refractivity contribution in [1.82, 2.24) is 9.97 Å². The smallest absolute Gasteiger partial charge is 0.283 e. The molecule has 19 heavy (non-hydrogen) atoms. The van der Waals surface area contributed by atoms with Gasteiger partial charge in [0.15, 0.2) is 0 Å². The van der Waals surface area contributed by atoms with Crippen molar-refractivity contribution in [3.05, 3.63) is 52.5 Å². The number of hydrogen-bond donors (Lipinski definition) is 1. The molecule has 2 aromatic rings. The second kappa shape index (κ2) is 5.77. The summed E-state index contributed by atoms with van der Waals surface area (Å²) in [4.78, 5) is 19.0. The highest BCUT2D eigenvalue weighted by atomic mass is 32.2. The molecule has 1 aromatic carbocycles. The molecule has 6 nitrogen and oxygen atoms in total. The molecule has 0 aliphatic rings. The summed E-state index contributed by atoms with van der Waals surface area (Å²) in [5.74, 6) is 0. The van der Waals surface area contributed by atoms with Gasteiger partial charge in [0, 0.05) is 18.5 Å². The van der Waals surface area contributed by atoms with Gasteiger partial charge < -0.3 is 5.11 Å². The normalized spacial score (nSPS) is 12.1. The van der Waals surface area contributed by atoms with E-state index in [-0.39, 0.29) is 5.69 Å². The van der Waals surface area contributed by atoms with Crippen LogP contribution in [0.2, 0.25) is 0 Å². The Labute approximate surface area is 113 Å². The highest BCUT2D eigenvalue weighted by Crippen LogP contribution is 2.35. The Hall–Kier alpha value is -1.99. The van der Waals surface area contributed by atoms with Gasteiger partial charge in [0.2, 0.25) is 0 Å². The Morgan fingerprint density at radius 1 is 1.42 bits per heavy atom. The Balaban J connectivity index is 2.37. The summed E-state index contributed by atoms with van der Waals surface area (Å²) >= 11 is 1.17. The fourth-order valence-corrected chi connectivity index (χ4v) is 2.30. The van der Waals surface area contributed by atoms with Crippen LogP contribution in [-0.4, -0.2) is 20.0 Å². The third-order valence-electron chi connectivity index (χ3n) is 2.42. The zero-order valence-electron chi connectivity index (χ0n) is 10.1. The molecule has 1 aromatic heterocycles. The first-order chi connectivity index (χ1) is 9.08. The first kappa shape index (κ1) is 13.4. The fraction of sp³-hybridized carbons (Fsp3) is 0.167. The summed E-state index contributed by atoms with van der Waals surface area (Å²) in [6.45, 7) is 1.56. The second-order valence-corrected chi connectivity index (χ2v) is 4.87. The van der Waals surface area contributed by atoms with Gasteiger partial charge in [0.25, 0.3) is 5.69 Å². The van der Waals surface area contributed by atoms with Crippen LogP contribution in [0.4, 0.5) is 5.69 Å². The van der Waals surface area contributed by atoms with Crippen LogP contribution in [0.15, 0.2) is 46.7 Å². The molecule has 98 valence electrons. The van der Waals surface area contributed by atoms with Crippen molar-refractivity contribution in [2.45, 2.75) is 22.9 Å². The lowest BCUT2D eigenvalue weighted by atomic mass is 10.1. The summed E-state index contributed by atoms with van der Waals surface area (Å²) in [7, 11) is 0. The van der Waals surface area contributed by atoms with E-state index >= 15 is 0 Å². The lowest BCUT2D eigenvalue weighted by Crippen LogP contribution is -1.96. The van der Waals surface area contributed by atoms with Crippen molar-refractivity contribution in [3.8, 4) is 0 Å². The van der Waals surface area contributed by atoms with E-state index < -0.39 is 11.0 Å². The molecule has 1 N–H and O–H groups in total. The van der Waals surface area contributed by atoms with Crippen LogP contribution in [-0.2, 0) is 0 Å². The van der Waals surface area contributed by atoms with Crippen LogP contribution in [0.3, 0.4) is 0 Å². The molecular formula is C12H11N3O3S. The van der Waals surface area contributed by atoms with Crippen molar-refractivity contribution in [1.29, 1.82) is 0 Å². The van der Waals surface area contributed by atoms with E-state index in [9.17, 15) is 15.2 Å². The summed E-state index contributed by atoms with van der Waals surface area (Å²) in [6, 6.07) is 4.65. The van der Waals surface area contributed by atoms with E-state index in [2.05, 4.69) is 9.97 Å². The third-order valence-corrected chi connectivity index (χ3v) is 3.40. The minimum atomic E-state index is -0.741. The molecule has 0 amide bonds. The van der Waals surface area contributed by atoms with E-state index in [1.165, 1.54) is 36.4 Å². The third kappa shape index (κ3) is 3.27. The summed E-state index contributed by atoms with van der Waals surface area (Å²) < 4.78 is 0. The van der Waals surface area contributed by atoms with E-state index in [1.807, 2.05) is 0 Å². The van der Waals surface area contributed by atoms with Crippen LogP contribution in [0.1, 0.15) is 18.6 Å². The quantitative estimate of drug-likeness (QED) is 0.682. The van der Waals surface area contributed by atoms with Crippen molar-refractivity contribution in [3.63, 3.8) is 0 Å². The van der Waals surface area contributed by atoms with E-state index in [0.29, 0.717) is 15.5 Å². The number of aliphatic hydroxyl groups excluding tert-OH is 1. The maximum absolute atomic E-state index is 11.1. The monoisotopic (exact) mass is 277 g/mol. The number of aliphatic hydroxyl groups is 1. The molecule has 7 heteroatoms. The number of benzene rings is 1. The van der Waals surface area contributed by atoms with Gasteiger partial charge in [-0.25, -0.2) is 4.98 Å². The fourth-order valence-electron chi connectivity index (χ4n) is 1.47. The first-order valence-corrected chi connectivity index (χ1v) is 6.30. The van der Waals surface area contributed by atoms with Crippen molar-refractivity contribution in [2.24, 2.45) is 0 Å². The van der Waals surface area contributed by atoms with Crippen LogP contribution in [0.5, 0.6) is 0 Å². The van der Waals surface area contributed by atoms with Crippen LogP contribution in [0.25, 0.3) is 0 Å². The first-order valence-electron chi connectivity index (χ1n) is 5.48. The number of nitrogens with zero attached hydrogens (tertiary/aromatic N) is 3. The molecule has 1 heterocycles. The van der Waals surface area contributed by atoms with Gasteiger partial charge in [-0.1, -0.05) is 17.8 Å². The number of nitro groups is 1. The van der Waals surface area contributed by atoms with E-state index in [0.717, 1.165) is 0 Å². The number of rotatable bonds is 4. The van der Waals surface area contributed by atoms with E-state index in [4.69, 9.17) is 0 Å². The Kier molecular flexibility index (Phi) is 4.08. The lowest BCUT2D eigenvalue weighted by Gasteiger charge is -2.07.